The van der Waals surface area contributed by atoms with Gasteiger partial charge in [0.05, 0.1) is 18.6 Å². The summed E-state index contributed by atoms with van der Waals surface area (Å²) in [5.41, 5.74) is 0.658. The number of aliphatic carboxylic acids is 1. The van der Waals surface area contributed by atoms with Crippen molar-refractivity contribution in [2.75, 3.05) is 13.2 Å². The first-order valence-corrected chi connectivity index (χ1v) is 6.77. The van der Waals surface area contributed by atoms with Gasteiger partial charge in [0.15, 0.2) is 0 Å². The minimum absolute atomic E-state index is 0.134. The fraction of sp³-hybridized carbons (Fsp3) is 0.333. The van der Waals surface area contributed by atoms with Crippen LogP contribution in [0.1, 0.15) is 23.2 Å². The third kappa shape index (κ3) is 2.75. The molecular weight excluding hydrogens is 272 g/mol. The van der Waals surface area contributed by atoms with Gasteiger partial charge in [-0.15, -0.1) is 0 Å². The fourth-order valence-corrected chi connectivity index (χ4v) is 2.69. The summed E-state index contributed by atoms with van der Waals surface area (Å²) < 4.78 is 5.27. The molecule has 2 aromatic rings. The lowest BCUT2D eigenvalue weighted by Gasteiger charge is -2.27. The second-order valence-corrected chi connectivity index (χ2v) is 5.39. The van der Waals surface area contributed by atoms with Crippen LogP contribution in [-0.4, -0.2) is 40.7 Å². The molecule has 0 radical (unpaired) electrons. The molecule has 6 nitrogen and oxygen atoms in total. The smallest absolute Gasteiger partial charge is 0.305 e. The van der Waals surface area contributed by atoms with Crippen LogP contribution < -0.4 is 5.32 Å². The molecule has 0 saturated carbocycles. The van der Waals surface area contributed by atoms with Crippen molar-refractivity contribution in [3.05, 3.63) is 36.0 Å². The highest BCUT2D eigenvalue weighted by atomic mass is 16.5. The summed E-state index contributed by atoms with van der Waals surface area (Å²) in [5, 5.41) is 12.8. The van der Waals surface area contributed by atoms with Gasteiger partial charge in [0.2, 0.25) is 0 Å². The molecule has 3 N–H and O–H groups in total. The van der Waals surface area contributed by atoms with E-state index in [4.69, 9.17) is 9.84 Å². The molecule has 1 aromatic heterocycles. The Morgan fingerprint density at radius 3 is 2.95 bits per heavy atom. The predicted octanol–water partition coefficient (Wildman–Crippen LogP) is 1.53. The SMILES string of the molecule is O=C(O)CC1(NC(=O)c2ccc3[nH]ccc3c2)CCOC1. The number of hydrogen-bond acceptors (Lipinski definition) is 3. The van der Waals surface area contributed by atoms with Gasteiger partial charge >= 0.3 is 5.97 Å². The highest BCUT2D eigenvalue weighted by Crippen LogP contribution is 2.24. The number of nitrogens with one attached hydrogen (secondary N) is 2. The standard InChI is InChI=1S/C15H16N2O4/c18-13(19)8-15(4-6-21-9-15)17-14(20)11-1-2-12-10(7-11)3-5-16-12/h1-3,5,7,16H,4,6,8-9H2,(H,17,20)(H,18,19). The molecule has 1 unspecified atom stereocenters. The normalized spacial score (nSPS) is 21.5. The van der Waals surface area contributed by atoms with Gasteiger partial charge < -0.3 is 20.1 Å². The number of benzene rings is 1. The second kappa shape index (κ2) is 5.21. The van der Waals surface area contributed by atoms with E-state index in [1.165, 1.54) is 0 Å². The summed E-state index contributed by atoms with van der Waals surface area (Å²) in [6, 6.07) is 7.22. The maximum absolute atomic E-state index is 12.4. The van der Waals surface area contributed by atoms with Gasteiger partial charge in [0.1, 0.15) is 0 Å². The van der Waals surface area contributed by atoms with Crippen molar-refractivity contribution in [2.45, 2.75) is 18.4 Å². The van der Waals surface area contributed by atoms with E-state index in [0.717, 1.165) is 10.9 Å². The summed E-state index contributed by atoms with van der Waals surface area (Å²) >= 11 is 0. The topological polar surface area (TPSA) is 91.4 Å². The molecule has 1 aromatic carbocycles. The Morgan fingerprint density at radius 1 is 1.38 bits per heavy atom. The number of carbonyl (C=O) groups excluding carboxylic acids is 1. The maximum atomic E-state index is 12.4. The molecule has 0 aliphatic carbocycles. The highest BCUT2D eigenvalue weighted by Gasteiger charge is 2.38. The van der Waals surface area contributed by atoms with Crippen LogP contribution in [0.25, 0.3) is 10.9 Å². The number of aromatic amines is 1. The van der Waals surface area contributed by atoms with E-state index < -0.39 is 11.5 Å². The van der Waals surface area contributed by atoms with Crippen molar-refractivity contribution in [1.29, 1.82) is 0 Å². The van der Waals surface area contributed by atoms with E-state index in [2.05, 4.69) is 10.3 Å². The first-order chi connectivity index (χ1) is 10.1. The Hall–Kier alpha value is -2.34. The first-order valence-electron chi connectivity index (χ1n) is 6.77. The molecular formula is C15H16N2O4. The molecule has 1 aliphatic rings. The third-order valence-corrected chi connectivity index (χ3v) is 3.79. The number of hydrogen-bond donors (Lipinski definition) is 3. The van der Waals surface area contributed by atoms with E-state index in [-0.39, 0.29) is 18.9 Å². The largest absolute Gasteiger partial charge is 0.481 e. The van der Waals surface area contributed by atoms with Crippen LogP contribution in [0, 0.1) is 0 Å². The average Bonchev–Trinajstić information content (AvgIpc) is 3.06. The number of carboxylic acid groups (broad SMARTS) is 1. The molecule has 1 saturated heterocycles. The molecule has 1 aliphatic heterocycles. The summed E-state index contributed by atoms with van der Waals surface area (Å²) in [4.78, 5) is 26.5. The van der Waals surface area contributed by atoms with E-state index in [9.17, 15) is 9.59 Å². The lowest BCUT2D eigenvalue weighted by atomic mass is 9.93. The third-order valence-electron chi connectivity index (χ3n) is 3.79. The number of rotatable bonds is 4. The zero-order chi connectivity index (χ0) is 14.9. The number of carboxylic acids is 1. The lowest BCUT2D eigenvalue weighted by molar-refractivity contribution is -0.138. The van der Waals surface area contributed by atoms with Gasteiger partial charge in [0.25, 0.3) is 5.91 Å². The Bertz CT molecular complexity index is 686. The van der Waals surface area contributed by atoms with Gasteiger partial charge in [-0.2, -0.15) is 0 Å². The van der Waals surface area contributed by atoms with Crippen LogP contribution in [0.2, 0.25) is 0 Å². The minimum atomic E-state index is -0.943. The molecule has 1 atom stereocenters. The Balaban J connectivity index is 1.81. The highest BCUT2D eigenvalue weighted by molar-refractivity contribution is 5.98. The Kier molecular flexibility index (Phi) is 3.39. The minimum Gasteiger partial charge on any atom is -0.481 e. The van der Waals surface area contributed by atoms with E-state index in [1.54, 1.807) is 12.1 Å². The van der Waals surface area contributed by atoms with Crippen molar-refractivity contribution < 1.29 is 19.4 Å². The molecule has 3 rings (SSSR count). The predicted molar refractivity (Wildman–Crippen MR) is 76.2 cm³/mol. The lowest BCUT2D eigenvalue weighted by Crippen LogP contribution is -2.50. The number of carbonyl (C=O) groups is 2. The molecule has 1 amide bonds. The number of ether oxygens (including phenoxy) is 1. The van der Waals surface area contributed by atoms with Gasteiger partial charge in [0, 0.05) is 29.3 Å². The first kappa shape index (κ1) is 13.6. The number of aromatic nitrogens is 1. The quantitative estimate of drug-likeness (QED) is 0.795. The number of fused-ring (bicyclic) bond motifs is 1. The molecule has 6 heteroatoms. The Morgan fingerprint density at radius 2 is 2.24 bits per heavy atom. The summed E-state index contributed by atoms with van der Waals surface area (Å²) in [7, 11) is 0. The van der Waals surface area contributed by atoms with Crippen LogP contribution in [0.5, 0.6) is 0 Å². The summed E-state index contributed by atoms with van der Waals surface area (Å²) in [6.45, 7) is 0.696. The zero-order valence-electron chi connectivity index (χ0n) is 11.4. The van der Waals surface area contributed by atoms with Crippen LogP contribution >= 0.6 is 0 Å². The monoisotopic (exact) mass is 288 g/mol. The molecule has 0 bridgehead atoms. The molecule has 110 valence electrons. The van der Waals surface area contributed by atoms with Gasteiger partial charge in [-0.25, -0.2) is 0 Å². The van der Waals surface area contributed by atoms with Crippen LogP contribution in [0.15, 0.2) is 30.5 Å². The van der Waals surface area contributed by atoms with Crippen molar-refractivity contribution >= 4 is 22.8 Å². The van der Waals surface area contributed by atoms with E-state index in [1.807, 2.05) is 18.3 Å². The van der Waals surface area contributed by atoms with Gasteiger partial charge in [-0.1, -0.05) is 0 Å². The molecule has 2 heterocycles. The van der Waals surface area contributed by atoms with Crippen molar-refractivity contribution in [1.82, 2.24) is 10.3 Å². The van der Waals surface area contributed by atoms with Crippen molar-refractivity contribution in [2.24, 2.45) is 0 Å². The summed E-state index contributed by atoms with van der Waals surface area (Å²) in [5.74, 6) is -1.22. The van der Waals surface area contributed by atoms with E-state index >= 15 is 0 Å². The van der Waals surface area contributed by atoms with Gasteiger partial charge in [-0.05, 0) is 30.7 Å². The average molecular weight is 288 g/mol. The van der Waals surface area contributed by atoms with E-state index in [0.29, 0.717) is 18.6 Å². The fourth-order valence-electron chi connectivity index (χ4n) is 2.69. The van der Waals surface area contributed by atoms with Crippen molar-refractivity contribution in [3.63, 3.8) is 0 Å². The second-order valence-electron chi connectivity index (χ2n) is 5.39. The van der Waals surface area contributed by atoms with Gasteiger partial charge in [-0.3, -0.25) is 9.59 Å². The van der Waals surface area contributed by atoms with Crippen LogP contribution in [0.3, 0.4) is 0 Å². The van der Waals surface area contributed by atoms with Crippen LogP contribution in [0.4, 0.5) is 0 Å². The zero-order valence-corrected chi connectivity index (χ0v) is 11.4. The molecule has 0 spiro atoms. The number of amides is 1. The Labute approximate surface area is 121 Å². The molecule has 1 fully saturated rings. The maximum Gasteiger partial charge on any atom is 0.305 e. The van der Waals surface area contributed by atoms with Crippen molar-refractivity contribution in [3.8, 4) is 0 Å². The summed E-state index contributed by atoms with van der Waals surface area (Å²) in [6.07, 6.45) is 2.19. The van der Waals surface area contributed by atoms with Crippen LogP contribution in [-0.2, 0) is 9.53 Å². The number of H-pyrrole nitrogens is 1. The molecule has 21 heavy (non-hydrogen) atoms.